The Labute approximate surface area is 120 Å². The van der Waals surface area contributed by atoms with Gasteiger partial charge in [0.25, 0.3) is 0 Å². The highest BCUT2D eigenvalue weighted by Crippen LogP contribution is 2.37. The third kappa shape index (κ3) is 3.44. The molecule has 0 amide bonds. The second-order valence-electron chi connectivity index (χ2n) is 6.47. The molecule has 0 saturated heterocycles. The van der Waals surface area contributed by atoms with E-state index in [0.29, 0.717) is 16.7 Å². The summed E-state index contributed by atoms with van der Waals surface area (Å²) in [6.07, 6.45) is 4.66. The maximum absolute atomic E-state index is 8.89. The van der Waals surface area contributed by atoms with E-state index in [0.717, 1.165) is 18.4 Å². The van der Waals surface area contributed by atoms with E-state index in [9.17, 15) is 0 Å². The summed E-state index contributed by atoms with van der Waals surface area (Å²) in [7, 11) is 0. The van der Waals surface area contributed by atoms with Crippen LogP contribution in [0, 0.1) is 12.3 Å². The largest absolute Gasteiger partial charge is 0.490 e. The van der Waals surface area contributed by atoms with Crippen molar-refractivity contribution in [2.24, 2.45) is 16.3 Å². The molecule has 1 aromatic carbocycles. The number of oxime groups is 1. The molecule has 0 aromatic heterocycles. The van der Waals surface area contributed by atoms with Crippen LogP contribution in [0.15, 0.2) is 23.4 Å². The van der Waals surface area contributed by atoms with E-state index >= 15 is 0 Å². The Bertz CT molecular complexity index is 499. The number of nitrogens with zero attached hydrogens (tertiary/aromatic N) is 1. The lowest BCUT2D eigenvalue weighted by molar-refractivity contribution is 0.0985. The second kappa shape index (κ2) is 5.73. The van der Waals surface area contributed by atoms with Crippen molar-refractivity contribution in [1.29, 1.82) is 0 Å². The Morgan fingerprint density at radius 3 is 2.60 bits per heavy atom. The van der Waals surface area contributed by atoms with E-state index < -0.39 is 0 Å². The molecule has 2 rings (SSSR count). The van der Waals surface area contributed by atoms with Gasteiger partial charge in [-0.05, 0) is 50.2 Å². The van der Waals surface area contributed by atoms with Crippen LogP contribution in [-0.4, -0.2) is 17.1 Å². The maximum Gasteiger partial charge on any atom is 0.173 e. The molecule has 1 aromatic rings. The summed E-state index contributed by atoms with van der Waals surface area (Å²) < 4.78 is 6.09. The first-order chi connectivity index (χ1) is 9.41. The summed E-state index contributed by atoms with van der Waals surface area (Å²) in [6, 6.07) is 5.77. The van der Waals surface area contributed by atoms with E-state index in [1.165, 1.54) is 12.8 Å². The number of rotatable bonds is 3. The molecule has 4 heteroatoms. The van der Waals surface area contributed by atoms with E-state index in [2.05, 4.69) is 19.0 Å². The number of nitrogens with two attached hydrogens (primary N) is 1. The molecule has 0 aliphatic heterocycles. The predicted octanol–water partition coefficient (Wildman–Crippen LogP) is 3.44. The van der Waals surface area contributed by atoms with E-state index in [-0.39, 0.29) is 11.9 Å². The fraction of sp³-hybridized carbons (Fsp3) is 0.562. The van der Waals surface area contributed by atoms with Gasteiger partial charge in [0.2, 0.25) is 0 Å². The SMILES string of the molecule is Cc1ccc(OC2CCC(C)(C)CC2)c(/C(N)=N/O)c1. The topological polar surface area (TPSA) is 67.8 Å². The number of ether oxygens (including phenoxy) is 1. The zero-order chi connectivity index (χ0) is 14.8. The number of amidine groups is 1. The first-order valence-corrected chi connectivity index (χ1v) is 7.16. The Hall–Kier alpha value is -1.71. The highest BCUT2D eigenvalue weighted by Gasteiger charge is 2.28. The summed E-state index contributed by atoms with van der Waals surface area (Å²) in [5.41, 5.74) is 7.87. The van der Waals surface area contributed by atoms with Crippen molar-refractivity contribution >= 4 is 5.84 Å². The first kappa shape index (κ1) is 14.7. The van der Waals surface area contributed by atoms with E-state index in [1.807, 2.05) is 25.1 Å². The molecule has 0 radical (unpaired) electrons. The van der Waals surface area contributed by atoms with Crippen molar-refractivity contribution in [3.8, 4) is 5.75 Å². The van der Waals surface area contributed by atoms with Crippen molar-refractivity contribution in [3.63, 3.8) is 0 Å². The van der Waals surface area contributed by atoms with Gasteiger partial charge >= 0.3 is 0 Å². The number of benzene rings is 1. The molecule has 4 nitrogen and oxygen atoms in total. The number of hydrogen-bond acceptors (Lipinski definition) is 3. The molecule has 0 unspecified atom stereocenters. The molecule has 1 saturated carbocycles. The molecular weight excluding hydrogens is 252 g/mol. The van der Waals surface area contributed by atoms with Gasteiger partial charge < -0.3 is 15.7 Å². The van der Waals surface area contributed by atoms with Gasteiger partial charge in [-0.15, -0.1) is 0 Å². The van der Waals surface area contributed by atoms with Crippen LogP contribution in [0.3, 0.4) is 0 Å². The van der Waals surface area contributed by atoms with Gasteiger partial charge in [-0.25, -0.2) is 0 Å². The third-order valence-corrected chi connectivity index (χ3v) is 4.10. The van der Waals surface area contributed by atoms with Gasteiger partial charge in [-0.2, -0.15) is 0 Å². The molecule has 1 aliphatic rings. The summed E-state index contributed by atoms with van der Waals surface area (Å²) in [5, 5.41) is 12.0. The fourth-order valence-electron chi connectivity index (χ4n) is 2.67. The normalized spacial score (nSPS) is 19.9. The van der Waals surface area contributed by atoms with Crippen LogP contribution >= 0.6 is 0 Å². The Morgan fingerprint density at radius 2 is 2.00 bits per heavy atom. The first-order valence-electron chi connectivity index (χ1n) is 7.16. The molecule has 3 N–H and O–H groups in total. The van der Waals surface area contributed by atoms with Crippen LogP contribution in [-0.2, 0) is 0 Å². The zero-order valence-electron chi connectivity index (χ0n) is 12.5. The quantitative estimate of drug-likeness (QED) is 0.384. The van der Waals surface area contributed by atoms with Crippen molar-refractivity contribution < 1.29 is 9.94 Å². The van der Waals surface area contributed by atoms with Crippen molar-refractivity contribution in [3.05, 3.63) is 29.3 Å². The molecule has 1 fully saturated rings. The highest BCUT2D eigenvalue weighted by atomic mass is 16.5. The van der Waals surface area contributed by atoms with Crippen molar-refractivity contribution in [2.75, 3.05) is 0 Å². The van der Waals surface area contributed by atoms with Crippen molar-refractivity contribution in [2.45, 2.75) is 52.6 Å². The Kier molecular flexibility index (Phi) is 4.21. The second-order valence-corrected chi connectivity index (χ2v) is 6.47. The third-order valence-electron chi connectivity index (χ3n) is 4.10. The average molecular weight is 276 g/mol. The van der Waals surface area contributed by atoms with Gasteiger partial charge in [0.1, 0.15) is 5.75 Å². The van der Waals surface area contributed by atoms with Crippen LogP contribution in [0.4, 0.5) is 0 Å². The van der Waals surface area contributed by atoms with Gasteiger partial charge in [-0.3, -0.25) is 0 Å². The molecule has 0 atom stereocenters. The fourth-order valence-corrected chi connectivity index (χ4v) is 2.67. The Balaban J connectivity index is 2.14. The minimum absolute atomic E-state index is 0.0971. The predicted molar refractivity (Wildman–Crippen MR) is 80.4 cm³/mol. The Morgan fingerprint density at radius 1 is 1.35 bits per heavy atom. The molecule has 0 heterocycles. The standard InChI is InChI=1S/C16H24N2O2/c1-11-4-5-14(13(10-11)15(17)18-19)20-12-6-8-16(2,3)9-7-12/h4-5,10,12,19H,6-9H2,1-3H3,(H2,17,18). The van der Waals surface area contributed by atoms with Gasteiger partial charge in [0.15, 0.2) is 5.84 Å². The monoisotopic (exact) mass is 276 g/mol. The molecule has 110 valence electrons. The minimum Gasteiger partial charge on any atom is -0.490 e. The van der Waals surface area contributed by atoms with Crippen LogP contribution in [0.2, 0.25) is 0 Å². The molecular formula is C16H24N2O2. The molecule has 20 heavy (non-hydrogen) atoms. The number of hydrogen-bond donors (Lipinski definition) is 2. The highest BCUT2D eigenvalue weighted by molar-refractivity contribution is 5.99. The lowest BCUT2D eigenvalue weighted by Gasteiger charge is -2.34. The van der Waals surface area contributed by atoms with Crippen LogP contribution in [0.5, 0.6) is 5.75 Å². The zero-order valence-corrected chi connectivity index (χ0v) is 12.5. The molecule has 0 bridgehead atoms. The summed E-state index contributed by atoms with van der Waals surface area (Å²) in [4.78, 5) is 0. The van der Waals surface area contributed by atoms with Gasteiger partial charge in [-0.1, -0.05) is 30.6 Å². The lowest BCUT2D eigenvalue weighted by Crippen LogP contribution is -2.29. The lowest BCUT2D eigenvalue weighted by atomic mass is 9.76. The maximum atomic E-state index is 8.89. The van der Waals surface area contributed by atoms with Gasteiger partial charge in [0, 0.05) is 0 Å². The average Bonchev–Trinajstić information content (AvgIpc) is 2.42. The van der Waals surface area contributed by atoms with E-state index in [1.54, 1.807) is 0 Å². The van der Waals surface area contributed by atoms with E-state index in [4.69, 9.17) is 15.7 Å². The molecule has 0 spiro atoms. The number of aryl methyl sites for hydroxylation is 1. The van der Waals surface area contributed by atoms with Gasteiger partial charge in [0.05, 0.1) is 11.7 Å². The molecule has 1 aliphatic carbocycles. The van der Waals surface area contributed by atoms with Crippen LogP contribution < -0.4 is 10.5 Å². The van der Waals surface area contributed by atoms with Crippen LogP contribution in [0.1, 0.15) is 50.7 Å². The summed E-state index contributed by atoms with van der Waals surface area (Å²) in [6.45, 7) is 6.58. The minimum atomic E-state index is 0.0971. The van der Waals surface area contributed by atoms with Crippen molar-refractivity contribution in [1.82, 2.24) is 0 Å². The van der Waals surface area contributed by atoms with Crippen LogP contribution in [0.25, 0.3) is 0 Å². The smallest absolute Gasteiger partial charge is 0.173 e. The summed E-state index contributed by atoms with van der Waals surface area (Å²) in [5.74, 6) is 0.801. The summed E-state index contributed by atoms with van der Waals surface area (Å²) >= 11 is 0.